The molecule has 0 radical (unpaired) electrons. The van der Waals surface area contributed by atoms with Crippen molar-refractivity contribution in [2.75, 3.05) is 83.5 Å². The number of carboxylic acids is 5. The van der Waals surface area contributed by atoms with Crippen LogP contribution in [0.25, 0.3) is 10.9 Å². The summed E-state index contributed by atoms with van der Waals surface area (Å²) in [6.07, 6.45) is -1.84. The van der Waals surface area contributed by atoms with Crippen LogP contribution in [0.5, 0.6) is 5.75 Å². The number of aromatic hydroxyl groups is 1. The minimum atomic E-state index is -1.94. The molecule has 0 aliphatic carbocycles. The molecule has 4 aromatic rings. The third kappa shape index (κ3) is 31.1. The number of H-pyrrole nitrogens is 1. The van der Waals surface area contributed by atoms with Gasteiger partial charge in [0.1, 0.15) is 54.1 Å². The molecule has 0 bridgehead atoms. The first-order chi connectivity index (χ1) is 51.3. The number of hydrogen-bond acceptors (Lipinski definition) is 24. The van der Waals surface area contributed by atoms with Crippen LogP contribution in [0.1, 0.15) is 69.1 Å². The van der Waals surface area contributed by atoms with Crippen molar-refractivity contribution in [3.8, 4) is 5.75 Å². The number of nitrogens with zero attached hydrogens (tertiary/aromatic N) is 3. The number of fused-ring (bicyclic) bond motifs is 1. The van der Waals surface area contributed by atoms with Gasteiger partial charge in [0.15, 0.2) is 6.04 Å². The zero-order valence-electron chi connectivity index (χ0n) is 59.6. The number of aliphatic hydroxyl groups is 2. The maximum atomic E-state index is 15.4. The molecule has 1 aliphatic rings. The average Bonchev–Trinajstić information content (AvgIpc) is 1.60. The van der Waals surface area contributed by atoms with E-state index in [9.17, 15) is 88.8 Å². The predicted octanol–water partition coefficient (Wildman–Crippen LogP) is -3.99. The van der Waals surface area contributed by atoms with E-state index in [2.05, 4.69) is 52.8 Å². The van der Waals surface area contributed by atoms with Gasteiger partial charge in [0, 0.05) is 74.0 Å². The molecule has 39 heteroatoms. The molecular formula is C69H97N15O22S2. The molecule has 2 heterocycles. The van der Waals surface area contributed by atoms with Crippen molar-refractivity contribution < 1.29 is 108 Å². The average molecular weight is 1550 g/mol. The number of amides is 9. The summed E-state index contributed by atoms with van der Waals surface area (Å²) in [5.41, 5.74) is 13.6. The highest BCUT2D eigenvalue weighted by molar-refractivity contribution is 8.76. The lowest BCUT2D eigenvalue weighted by molar-refractivity contribution is -0.145. The van der Waals surface area contributed by atoms with E-state index in [0.717, 1.165) is 45.2 Å². The summed E-state index contributed by atoms with van der Waals surface area (Å²) < 4.78 is 0. The summed E-state index contributed by atoms with van der Waals surface area (Å²) in [5.74, 6) is -17.6. The SMILES string of the molecule is C[C@@H](O)C1NC(=O)[C@H](CCCCN)NC(=O)[C@H](Cc2c[nH]c3ccccc23)NC(=O)C(Cc2ccc(O)cc2)NC(=O)[C@@H](NC(=O)[C@H](Cc2ccccc2)NC(=O)[C@H](CCCCN)NC(=O)CN(CCN(CCN(CC(=O)O)CC(=O)O)CC(=O)O)CC(=O)O)CSSCC(C(=O)N[C@H](C(=O)O)[C@@H](C)O)NC1=O. The van der Waals surface area contributed by atoms with Gasteiger partial charge >= 0.3 is 29.8 Å². The molecule has 37 nitrogen and oxygen atoms in total. The Balaban J connectivity index is 1.59. The van der Waals surface area contributed by atoms with Crippen LogP contribution in [0.3, 0.4) is 0 Å². The zero-order chi connectivity index (χ0) is 79.6. The molecule has 11 atom stereocenters. The van der Waals surface area contributed by atoms with Gasteiger partial charge in [0.2, 0.25) is 53.2 Å². The molecule has 3 unspecified atom stereocenters. The van der Waals surface area contributed by atoms with Crippen LogP contribution in [-0.2, 0) is 86.4 Å². The molecule has 0 saturated carbocycles. The molecule has 1 aromatic heterocycles. The number of nitrogens with two attached hydrogens (primary N) is 2. The standard InChI is InChI=1S/C69H97N15O22S2/c1-39(85)59-68(104)79-53(67(103)81-60(40(2)86)69(105)106)38-108-107-37-52(66(102)76-50(29-42-18-20-44(87)21-19-42)63(99)77-51(30-43-31-72-46-15-7-6-14-45(43)46)65(101)74-48(62(98)80-59)17-9-11-23-71)78-64(100)49(28-41-12-4-3-5-13-41)75-61(97)47(16-8-10-22-70)73-54(88)32-83(34-56(91)92)26-24-82(33-55(89)90)25-27-84(35-57(93)94)36-58(95)96/h3-7,12-15,18-21,31,39-40,47-53,59-60,72,85-87H,8-11,16-17,22-30,32-38,70-71H2,1-2H3,(H,73,88)(H,74,101)(H,75,97)(H,76,102)(H,77,99)(H,78,100)(H,79,104)(H,80,98)(H,81,103)(H,89,90)(H,91,92)(H,93,94)(H,95,96)(H,105,106)/t39-,40-,47+,48+,49+,50?,51+,52+,53?,59?,60+/m1/s1. The Kier molecular flexibility index (Phi) is 37.4. The minimum absolute atomic E-state index is 0.113. The number of aromatic nitrogens is 1. The Morgan fingerprint density at radius 3 is 1.68 bits per heavy atom. The Hall–Kier alpha value is -10.00. The lowest BCUT2D eigenvalue weighted by atomic mass is 10.0. The fourth-order valence-corrected chi connectivity index (χ4v) is 13.7. The highest BCUT2D eigenvalue weighted by Crippen LogP contribution is 2.25. The minimum Gasteiger partial charge on any atom is -0.508 e. The first kappa shape index (κ1) is 88.6. The largest absolute Gasteiger partial charge is 0.508 e. The fraction of sp³-hybridized carbons (Fsp3) is 0.507. The summed E-state index contributed by atoms with van der Waals surface area (Å²) in [6, 6.07) is 5.54. The summed E-state index contributed by atoms with van der Waals surface area (Å²) in [4.78, 5) is 199. The number of carbonyl (C=O) groups excluding carboxylic acids is 9. The number of para-hydroxylation sites is 1. The maximum Gasteiger partial charge on any atom is 0.328 e. The van der Waals surface area contributed by atoms with Gasteiger partial charge in [0.05, 0.1) is 44.9 Å². The third-order valence-electron chi connectivity index (χ3n) is 17.0. The van der Waals surface area contributed by atoms with Crippen LogP contribution in [0, 0.1) is 0 Å². The van der Waals surface area contributed by atoms with Crippen LogP contribution in [-0.4, -0.2) is 294 Å². The first-order valence-electron chi connectivity index (χ1n) is 34.7. The number of carboxylic acid groups (broad SMARTS) is 5. The lowest BCUT2D eigenvalue weighted by Gasteiger charge is -2.29. The summed E-state index contributed by atoms with van der Waals surface area (Å²) in [5, 5.41) is 104. The highest BCUT2D eigenvalue weighted by atomic mass is 33.1. The molecule has 5 rings (SSSR count). The second-order valence-corrected chi connectivity index (χ2v) is 28.4. The number of rotatable bonds is 40. The molecule has 0 spiro atoms. The van der Waals surface area contributed by atoms with E-state index in [1.54, 1.807) is 60.8 Å². The van der Waals surface area contributed by atoms with Gasteiger partial charge in [-0.15, -0.1) is 0 Å². The molecule has 1 saturated heterocycles. The third-order valence-corrected chi connectivity index (χ3v) is 19.5. The van der Waals surface area contributed by atoms with E-state index in [4.69, 9.17) is 11.5 Å². The quantitative estimate of drug-likeness (QED) is 0.0149. The Labute approximate surface area is 628 Å². The molecule has 108 heavy (non-hydrogen) atoms. The van der Waals surface area contributed by atoms with Crippen LogP contribution in [0.4, 0.5) is 0 Å². The van der Waals surface area contributed by atoms with E-state index in [1.165, 1.54) is 29.2 Å². The van der Waals surface area contributed by atoms with Crippen LogP contribution in [0.2, 0.25) is 0 Å². The number of phenols is 1. The summed E-state index contributed by atoms with van der Waals surface area (Å²) in [7, 11) is 1.57. The van der Waals surface area contributed by atoms with Crippen LogP contribution in [0.15, 0.2) is 85.1 Å². The Morgan fingerprint density at radius 2 is 1.08 bits per heavy atom. The van der Waals surface area contributed by atoms with Gasteiger partial charge in [0.25, 0.3) is 0 Å². The number of phenolic OH excluding ortho intramolecular Hbond substituents is 1. The van der Waals surface area contributed by atoms with Crippen molar-refractivity contribution in [2.24, 2.45) is 11.5 Å². The molecule has 9 amide bonds. The van der Waals surface area contributed by atoms with E-state index in [1.807, 2.05) is 0 Å². The van der Waals surface area contributed by atoms with Gasteiger partial charge in [-0.3, -0.25) is 77.0 Å². The normalized spacial score (nSPS) is 19.2. The number of aliphatic hydroxyl groups excluding tert-OH is 2. The molecule has 1 aliphatic heterocycles. The van der Waals surface area contributed by atoms with Crippen LogP contribution < -0.4 is 59.3 Å². The molecule has 3 aromatic carbocycles. The number of nitrogens with one attached hydrogen (secondary N) is 10. The van der Waals surface area contributed by atoms with E-state index < -0.39 is 194 Å². The molecule has 592 valence electrons. The Morgan fingerprint density at radius 1 is 0.546 bits per heavy atom. The first-order valence-corrected chi connectivity index (χ1v) is 37.2. The number of aliphatic carboxylic acids is 5. The predicted molar refractivity (Wildman–Crippen MR) is 393 cm³/mol. The van der Waals surface area contributed by atoms with Crippen molar-refractivity contribution in [1.82, 2.24) is 67.5 Å². The topological polar surface area (TPSA) is 587 Å². The van der Waals surface area contributed by atoms with Crippen molar-refractivity contribution in [3.63, 3.8) is 0 Å². The number of benzene rings is 3. The van der Waals surface area contributed by atoms with Crippen molar-refractivity contribution in [1.29, 1.82) is 0 Å². The molecule has 22 N–H and O–H groups in total. The van der Waals surface area contributed by atoms with Gasteiger partial charge in [-0.25, -0.2) is 4.79 Å². The van der Waals surface area contributed by atoms with Crippen molar-refractivity contribution in [3.05, 3.63) is 102 Å². The van der Waals surface area contributed by atoms with Crippen molar-refractivity contribution in [2.45, 2.75) is 138 Å². The zero-order valence-corrected chi connectivity index (χ0v) is 61.2. The smallest absolute Gasteiger partial charge is 0.328 e. The second kappa shape index (κ2) is 45.6. The van der Waals surface area contributed by atoms with E-state index in [-0.39, 0.29) is 90.0 Å². The van der Waals surface area contributed by atoms with Gasteiger partial charge in [-0.1, -0.05) is 82.3 Å². The van der Waals surface area contributed by atoms with E-state index in [0.29, 0.717) is 40.4 Å². The van der Waals surface area contributed by atoms with Gasteiger partial charge < -0.3 is 105 Å². The summed E-state index contributed by atoms with van der Waals surface area (Å²) >= 11 is 0. The maximum absolute atomic E-state index is 15.4. The fourth-order valence-electron chi connectivity index (χ4n) is 11.4. The Bertz CT molecular complexity index is 3690. The number of hydrogen-bond donors (Lipinski definition) is 20. The van der Waals surface area contributed by atoms with Gasteiger partial charge in [-0.05, 0) is 100 Å². The molecule has 1 fully saturated rings. The van der Waals surface area contributed by atoms with Gasteiger partial charge in [-0.2, -0.15) is 0 Å². The monoisotopic (exact) mass is 1550 g/mol. The second-order valence-electron chi connectivity index (χ2n) is 25.8. The molecular weight excluding hydrogens is 1450 g/mol. The number of unbranched alkanes of at least 4 members (excludes halogenated alkanes) is 2. The van der Waals surface area contributed by atoms with Crippen LogP contribution >= 0.6 is 21.6 Å². The lowest BCUT2D eigenvalue weighted by Crippen LogP contribution is -2.62. The number of aromatic amines is 1. The highest BCUT2D eigenvalue weighted by Gasteiger charge is 2.38. The number of carbonyl (C=O) groups is 14. The van der Waals surface area contributed by atoms with E-state index >= 15 is 19.2 Å². The summed E-state index contributed by atoms with van der Waals surface area (Å²) in [6.45, 7) is -1.98. The van der Waals surface area contributed by atoms with Crippen molar-refractivity contribution >= 4 is 116 Å².